The summed E-state index contributed by atoms with van der Waals surface area (Å²) >= 11 is 0. The van der Waals surface area contributed by atoms with E-state index in [1.807, 2.05) is 13.8 Å². The summed E-state index contributed by atoms with van der Waals surface area (Å²) in [5.41, 5.74) is -1.25. The predicted octanol–water partition coefficient (Wildman–Crippen LogP) is 1.32. The first-order valence-electron chi connectivity index (χ1n) is 4.64. The molecule has 0 radical (unpaired) electrons. The van der Waals surface area contributed by atoms with Crippen molar-refractivity contribution < 1.29 is 14.9 Å². The van der Waals surface area contributed by atoms with Crippen LogP contribution in [0.1, 0.15) is 40.5 Å². The summed E-state index contributed by atoms with van der Waals surface area (Å²) in [4.78, 5) is 0. The maximum absolute atomic E-state index is 9.54. The average molecular weight is 190 g/mol. The van der Waals surface area contributed by atoms with Crippen molar-refractivity contribution in [1.82, 2.24) is 0 Å². The number of aliphatic hydroxyl groups is 2. The van der Waals surface area contributed by atoms with Crippen molar-refractivity contribution in [2.75, 3.05) is 7.11 Å². The maximum Gasteiger partial charge on any atom is 0.0849 e. The second-order valence-corrected chi connectivity index (χ2v) is 4.67. The summed E-state index contributed by atoms with van der Waals surface area (Å²) in [7, 11) is 1.65. The highest BCUT2D eigenvalue weighted by molar-refractivity contribution is 4.79. The molecule has 0 aliphatic carbocycles. The Morgan fingerprint density at radius 3 is 2.00 bits per heavy atom. The first-order valence-corrected chi connectivity index (χ1v) is 4.64. The van der Waals surface area contributed by atoms with Crippen LogP contribution in [0.4, 0.5) is 0 Å². The Kier molecular flexibility index (Phi) is 4.36. The Bertz CT molecular complexity index is 147. The smallest absolute Gasteiger partial charge is 0.0849 e. The van der Waals surface area contributed by atoms with Gasteiger partial charge in [-0.05, 0) is 40.5 Å². The molecule has 0 saturated carbocycles. The Hall–Kier alpha value is -0.120. The van der Waals surface area contributed by atoms with E-state index in [1.165, 1.54) is 0 Å². The van der Waals surface area contributed by atoms with Gasteiger partial charge < -0.3 is 14.9 Å². The highest BCUT2D eigenvalue weighted by atomic mass is 16.5. The van der Waals surface area contributed by atoms with Gasteiger partial charge in [-0.1, -0.05) is 0 Å². The zero-order valence-corrected chi connectivity index (χ0v) is 9.29. The fraction of sp³-hybridized carbons (Fsp3) is 1.00. The molecule has 0 fully saturated rings. The number of hydrogen-bond donors (Lipinski definition) is 2. The second kappa shape index (κ2) is 4.40. The average Bonchev–Trinajstić information content (AvgIpc) is 1.98. The minimum Gasteiger partial charge on any atom is -0.390 e. The van der Waals surface area contributed by atoms with Crippen LogP contribution in [0.25, 0.3) is 0 Å². The molecule has 0 rings (SSSR count). The van der Waals surface area contributed by atoms with E-state index in [9.17, 15) is 10.2 Å². The Labute approximate surface area is 80.7 Å². The van der Waals surface area contributed by atoms with Gasteiger partial charge in [-0.2, -0.15) is 0 Å². The van der Waals surface area contributed by atoms with Crippen molar-refractivity contribution in [3.8, 4) is 0 Å². The molecule has 0 spiro atoms. The quantitative estimate of drug-likeness (QED) is 0.687. The second-order valence-electron chi connectivity index (χ2n) is 4.67. The Morgan fingerprint density at radius 2 is 1.69 bits per heavy atom. The predicted molar refractivity (Wildman–Crippen MR) is 52.6 cm³/mol. The summed E-state index contributed by atoms with van der Waals surface area (Å²) in [6.07, 6.45) is 0.584. The van der Waals surface area contributed by atoms with Crippen LogP contribution < -0.4 is 0 Å². The summed E-state index contributed by atoms with van der Waals surface area (Å²) < 4.78 is 5.21. The maximum atomic E-state index is 9.54. The summed E-state index contributed by atoms with van der Waals surface area (Å²) in [5, 5.41) is 19.0. The van der Waals surface area contributed by atoms with Crippen LogP contribution in [-0.2, 0) is 4.74 Å². The first-order chi connectivity index (χ1) is 5.69. The fourth-order valence-electron chi connectivity index (χ4n) is 0.940. The number of rotatable bonds is 5. The molecule has 0 heterocycles. The molecule has 0 amide bonds. The van der Waals surface area contributed by atoms with Gasteiger partial charge in [0.25, 0.3) is 0 Å². The lowest BCUT2D eigenvalue weighted by molar-refractivity contribution is -0.0661. The molecular formula is C10H22O3. The zero-order valence-electron chi connectivity index (χ0n) is 9.29. The largest absolute Gasteiger partial charge is 0.390 e. The Morgan fingerprint density at radius 1 is 1.23 bits per heavy atom. The molecule has 80 valence electrons. The third kappa shape index (κ3) is 5.24. The van der Waals surface area contributed by atoms with Gasteiger partial charge in [0.15, 0.2) is 0 Å². The van der Waals surface area contributed by atoms with Crippen LogP contribution in [0.3, 0.4) is 0 Å². The van der Waals surface area contributed by atoms with E-state index in [4.69, 9.17) is 4.74 Å². The topological polar surface area (TPSA) is 49.7 Å². The van der Waals surface area contributed by atoms with Crippen LogP contribution in [0.2, 0.25) is 0 Å². The van der Waals surface area contributed by atoms with Gasteiger partial charge in [-0.3, -0.25) is 0 Å². The highest BCUT2D eigenvalue weighted by Crippen LogP contribution is 2.21. The standard InChI is InChI=1S/C10H22O3/c1-9(2,13-5)7-6-8(11)10(3,4)12/h8,11-12H,6-7H2,1-5H3. The Balaban J connectivity index is 3.90. The van der Waals surface area contributed by atoms with Crippen LogP contribution in [0.15, 0.2) is 0 Å². The SMILES string of the molecule is COC(C)(C)CCC(O)C(C)(C)O. The lowest BCUT2D eigenvalue weighted by Gasteiger charge is -2.29. The van der Waals surface area contributed by atoms with Gasteiger partial charge in [0.1, 0.15) is 0 Å². The molecule has 0 aromatic heterocycles. The molecule has 3 nitrogen and oxygen atoms in total. The van der Waals surface area contributed by atoms with E-state index >= 15 is 0 Å². The molecular weight excluding hydrogens is 168 g/mol. The summed E-state index contributed by atoms with van der Waals surface area (Å²) in [6, 6.07) is 0. The van der Waals surface area contributed by atoms with E-state index in [0.29, 0.717) is 6.42 Å². The van der Waals surface area contributed by atoms with Crippen LogP contribution >= 0.6 is 0 Å². The summed E-state index contributed by atoms with van der Waals surface area (Å²) in [6.45, 7) is 7.14. The van der Waals surface area contributed by atoms with Crippen molar-refractivity contribution in [2.45, 2.75) is 57.8 Å². The first kappa shape index (κ1) is 12.9. The van der Waals surface area contributed by atoms with Crippen molar-refractivity contribution in [1.29, 1.82) is 0 Å². The third-order valence-electron chi connectivity index (χ3n) is 2.39. The van der Waals surface area contributed by atoms with Gasteiger partial charge in [0.05, 0.1) is 17.3 Å². The van der Waals surface area contributed by atoms with Gasteiger partial charge in [-0.25, -0.2) is 0 Å². The van der Waals surface area contributed by atoms with Crippen molar-refractivity contribution in [2.24, 2.45) is 0 Å². The number of aliphatic hydroxyl groups excluding tert-OH is 1. The molecule has 1 unspecified atom stereocenters. The molecule has 0 aliphatic heterocycles. The third-order valence-corrected chi connectivity index (χ3v) is 2.39. The van der Waals surface area contributed by atoms with E-state index in [-0.39, 0.29) is 5.60 Å². The van der Waals surface area contributed by atoms with Crippen molar-refractivity contribution in [3.05, 3.63) is 0 Å². The van der Waals surface area contributed by atoms with Crippen molar-refractivity contribution in [3.63, 3.8) is 0 Å². The van der Waals surface area contributed by atoms with Crippen LogP contribution in [-0.4, -0.2) is 34.6 Å². The van der Waals surface area contributed by atoms with Crippen molar-refractivity contribution >= 4 is 0 Å². The van der Waals surface area contributed by atoms with E-state index < -0.39 is 11.7 Å². The highest BCUT2D eigenvalue weighted by Gasteiger charge is 2.27. The molecule has 0 aromatic carbocycles. The fourth-order valence-corrected chi connectivity index (χ4v) is 0.940. The number of methoxy groups -OCH3 is 1. The minimum atomic E-state index is -1.02. The molecule has 3 heteroatoms. The lowest BCUT2D eigenvalue weighted by Crippen LogP contribution is -2.37. The van der Waals surface area contributed by atoms with Crippen LogP contribution in [0.5, 0.6) is 0 Å². The van der Waals surface area contributed by atoms with Gasteiger partial charge >= 0.3 is 0 Å². The molecule has 2 N–H and O–H groups in total. The zero-order chi connectivity index (χ0) is 10.7. The molecule has 0 saturated heterocycles. The number of ether oxygens (including phenoxy) is 1. The monoisotopic (exact) mass is 190 g/mol. The molecule has 13 heavy (non-hydrogen) atoms. The van der Waals surface area contributed by atoms with Gasteiger partial charge in [0, 0.05) is 7.11 Å². The lowest BCUT2D eigenvalue weighted by atomic mass is 9.92. The van der Waals surface area contributed by atoms with Gasteiger partial charge in [-0.15, -0.1) is 0 Å². The normalized spacial score (nSPS) is 15.9. The number of hydrogen-bond acceptors (Lipinski definition) is 3. The molecule has 0 bridgehead atoms. The molecule has 1 atom stereocenters. The minimum absolute atomic E-state index is 0.230. The molecule has 0 aliphatic rings. The van der Waals surface area contributed by atoms with Gasteiger partial charge in [0.2, 0.25) is 0 Å². The van der Waals surface area contributed by atoms with E-state index in [1.54, 1.807) is 21.0 Å². The molecule has 0 aromatic rings. The van der Waals surface area contributed by atoms with E-state index in [2.05, 4.69) is 0 Å². The van der Waals surface area contributed by atoms with E-state index in [0.717, 1.165) is 6.42 Å². The van der Waals surface area contributed by atoms with Crippen LogP contribution in [0, 0.1) is 0 Å². The summed E-state index contributed by atoms with van der Waals surface area (Å²) in [5.74, 6) is 0.